The second-order valence-corrected chi connectivity index (χ2v) is 4.66. The molecular weight excluding hydrogens is 292 g/mol. The summed E-state index contributed by atoms with van der Waals surface area (Å²) in [5, 5.41) is 4.57. The van der Waals surface area contributed by atoms with Crippen LogP contribution in [-0.2, 0) is 11.2 Å². The molecule has 0 aliphatic carbocycles. The van der Waals surface area contributed by atoms with Gasteiger partial charge in [0.05, 0.1) is 0 Å². The SMILES string of the molecule is C=C(CBr)C(=O)NCCc1c[nH]c2ccccc12. The highest BCUT2D eigenvalue weighted by atomic mass is 79.9. The topological polar surface area (TPSA) is 44.9 Å². The Bertz CT molecular complexity index is 574. The lowest BCUT2D eigenvalue weighted by atomic mass is 10.1. The quantitative estimate of drug-likeness (QED) is 0.647. The molecule has 0 bridgehead atoms. The molecular formula is C14H15BrN2O. The van der Waals surface area contributed by atoms with Crippen LogP contribution in [0.15, 0.2) is 42.6 Å². The van der Waals surface area contributed by atoms with Crippen LogP contribution in [-0.4, -0.2) is 22.8 Å². The zero-order valence-corrected chi connectivity index (χ0v) is 11.6. The third-order valence-corrected chi connectivity index (χ3v) is 3.51. The van der Waals surface area contributed by atoms with Gasteiger partial charge in [-0.15, -0.1) is 0 Å². The van der Waals surface area contributed by atoms with Gasteiger partial charge in [0.25, 0.3) is 0 Å². The van der Waals surface area contributed by atoms with Gasteiger partial charge in [-0.2, -0.15) is 0 Å². The monoisotopic (exact) mass is 306 g/mol. The van der Waals surface area contributed by atoms with Gasteiger partial charge in [-0.05, 0) is 18.1 Å². The number of hydrogen-bond acceptors (Lipinski definition) is 1. The summed E-state index contributed by atoms with van der Waals surface area (Å²) in [5.74, 6) is -0.0910. The van der Waals surface area contributed by atoms with Crippen molar-refractivity contribution in [3.05, 3.63) is 48.2 Å². The molecule has 0 aliphatic heterocycles. The van der Waals surface area contributed by atoms with Gasteiger partial charge in [0.1, 0.15) is 0 Å². The van der Waals surface area contributed by atoms with Crippen molar-refractivity contribution >= 4 is 32.7 Å². The van der Waals surface area contributed by atoms with Crippen LogP contribution in [0.4, 0.5) is 0 Å². The van der Waals surface area contributed by atoms with Crippen LogP contribution < -0.4 is 5.32 Å². The van der Waals surface area contributed by atoms with E-state index in [9.17, 15) is 4.79 Å². The van der Waals surface area contributed by atoms with Crippen LogP contribution >= 0.6 is 15.9 Å². The number of amides is 1. The highest BCUT2D eigenvalue weighted by molar-refractivity contribution is 9.09. The maximum absolute atomic E-state index is 11.5. The maximum atomic E-state index is 11.5. The second kappa shape index (κ2) is 5.87. The van der Waals surface area contributed by atoms with Crippen molar-refractivity contribution in [2.24, 2.45) is 0 Å². The van der Waals surface area contributed by atoms with Gasteiger partial charge < -0.3 is 10.3 Å². The van der Waals surface area contributed by atoms with Crippen molar-refractivity contribution in [3.63, 3.8) is 0 Å². The largest absolute Gasteiger partial charge is 0.361 e. The molecule has 94 valence electrons. The van der Waals surface area contributed by atoms with Crippen LogP contribution in [0, 0.1) is 0 Å². The van der Waals surface area contributed by atoms with Crippen LogP contribution in [0.5, 0.6) is 0 Å². The highest BCUT2D eigenvalue weighted by Gasteiger charge is 2.06. The number of fused-ring (bicyclic) bond motifs is 1. The molecule has 1 amide bonds. The first-order chi connectivity index (χ1) is 8.72. The van der Waals surface area contributed by atoms with E-state index >= 15 is 0 Å². The Morgan fingerprint density at radius 1 is 1.39 bits per heavy atom. The van der Waals surface area contributed by atoms with Crippen LogP contribution in [0.1, 0.15) is 5.56 Å². The van der Waals surface area contributed by atoms with Crippen molar-refractivity contribution in [2.45, 2.75) is 6.42 Å². The van der Waals surface area contributed by atoms with Crippen molar-refractivity contribution in [1.29, 1.82) is 0 Å². The normalized spacial score (nSPS) is 10.5. The third-order valence-electron chi connectivity index (χ3n) is 2.84. The average Bonchev–Trinajstić information content (AvgIpc) is 2.81. The smallest absolute Gasteiger partial charge is 0.247 e. The molecule has 2 N–H and O–H groups in total. The lowest BCUT2D eigenvalue weighted by Crippen LogP contribution is -2.27. The van der Waals surface area contributed by atoms with E-state index in [4.69, 9.17) is 0 Å². The fraction of sp³-hybridized carbons (Fsp3) is 0.214. The molecule has 0 radical (unpaired) electrons. The summed E-state index contributed by atoms with van der Waals surface area (Å²) in [4.78, 5) is 14.7. The summed E-state index contributed by atoms with van der Waals surface area (Å²) in [6.07, 6.45) is 2.81. The van der Waals surface area contributed by atoms with E-state index in [2.05, 4.69) is 38.9 Å². The molecule has 0 unspecified atom stereocenters. The van der Waals surface area contributed by atoms with E-state index in [0.717, 1.165) is 11.9 Å². The van der Waals surface area contributed by atoms with Gasteiger partial charge in [-0.25, -0.2) is 0 Å². The van der Waals surface area contributed by atoms with E-state index in [1.54, 1.807) is 0 Å². The van der Waals surface area contributed by atoms with Crippen molar-refractivity contribution in [1.82, 2.24) is 10.3 Å². The Kier molecular flexibility index (Phi) is 4.20. The zero-order chi connectivity index (χ0) is 13.0. The van der Waals surface area contributed by atoms with Crippen LogP contribution in [0.3, 0.4) is 0 Å². The summed E-state index contributed by atoms with van der Waals surface area (Å²) in [7, 11) is 0. The minimum Gasteiger partial charge on any atom is -0.361 e. The minimum absolute atomic E-state index is 0.0910. The minimum atomic E-state index is -0.0910. The molecule has 2 rings (SSSR count). The summed E-state index contributed by atoms with van der Waals surface area (Å²) in [5.41, 5.74) is 2.90. The summed E-state index contributed by atoms with van der Waals surface area (Å²) >= 11 is 3.21. The van der Waals surface area contributed by atoms with Crippen molar-refractivity contribution in [3.8, 4) is 0 Å². The van der Waals surface area contributed by atoms with E-state index in [-0.39, 0.29) is 5.91 Å². The molecule has 2 aromatic rings. The zero-order valence-electron chi connectivity index (χ0n) is 10.0. The molecule has 1 aromatic carbocycles. The first kappa shape index (κ1) is 12.9. The molecule has 0 aliphatic rings. The third kappa shape index (κ3) is 2.82. The predicted molar refractivity (Wildman–Crippen MR) is 77.9 cm³/mol. The molecule has 0 atom stereocenters. The first-order valence-electron chi connectivity index (χ1n) is 5.79. The Labute approximate surface area is 114 Å². The van der Waals surface area contributed by atoms with E-state index in [0.29, 0.717) is 17.4 Å². The Balaban J connectivity index is 1.95. The lowest BCUT2D eigenvalue weighted by molar-refractivity contribution is -0.117. The number of aromatic amines is 1. The first-order valence-corrected chi connectivity index (χ1v) is 6.91. The molecule has 0 spiro atoms. The number of hydrogen-bond donors (Lipinski definition) is 2. The van der Waals surface area contributed by atoms with Crippen LogP contribution in [0.2, 0.25) is 0 Å². The van der Waals surface area contributed by atoms with E-state index in [1.807, 2.05) is 24.4 Å². The van der Waals surface area contributed by atoms with Gasteiger partial charge in [-0.3, -0.25) is 4.79 Å². The molecule has 3 nitrogen and oxygen atoms in total. The fourth-order valence-electron chi connectivity index (χ4n) is 1.83. The number of benzene rings is 1. The van der Waals surface area contributed by atoms with Gasteiger partial charge >= 0.3 is 0 Å². The molecule has 0 saturated heterocycles. The lowest BCUT2D eigenvalue weighted by Gasteiger charge is -2.04. The summed E-state index contributed by atoms with van der Waals surface area (Å²) in [6.45, 7) is 4.29. The Morgan fingerprint density at radius 2 is 2.17 bits per heavy atom. The summed E-state index contributed by atoms with van der Waals surface area (Å²) in [6, 6.07) is 8.15. The van der Waals surface area contributed by atoms with Gasteiger partial charge in [0.2, 0.25) is 5.91 Å². The Morgan fingerprint density at radius 3 is 2.94 bits per heavy atom. The summed E-state index contributed by atoms with van der Waals surface area (Å²) < 4.78 is 0. The van der Waals surface area contributed by atoms with Crippen molar-refractivity contribution < 1.29 is 4.79 Å². The molecule has 4 heteroatoms. The number of halogens is 1. The standard InChI is InChI=1S/C14H15BrN2O/c1-10(8-15)14(18)16-7-6-11-9-17-13-5-3-2-4-12(11)13/h2-5,9,17H,1,6-8H2,(H,16,18). The van der Waals surface area contributed by atoms with Gasteiger partial charge in [-0.1, -0.05) is 40.7 Å². The predicted octanol–water partition coefficient (Wildman–Crippen LogP) is 2.78. The average molecular weight is 307 g/mol. The number of carbonyl (C=O) groups excluding carboxylic acids is 1. The van der Waals surface area contributed by atoms with Gasteiger partial charge in [0, 0.05) is 34.5 Å². The van der Waals surface area contributed by atoms with Gasteiger partial charge in [0.15, 0.2) is 0 Å². The highest BCUT2D eigenvalue weighted by Crippen LogP contribution is 2.17. The van der Waals surface area contributed by atoms with E-state index in [1.165, 1.54) is 10.9 Å². The molecule has 0 saturated carbocycles. The number of aromatic nitrogens is 1. The Hall–Kier alpha value is -1.55. The van der Waals surface area contributed by atoms with Crippen LogP contribution in [0.25, 0.3) is 10.9 Å². The van der Waals surface area contributed by atoms with E-state index < -0.39 is 0 Å². The number of carbonyl (C=O) groups is 1. The maximum Gasteiger partial charge on any atom is 0.247 e. The molecule has 1 heterocycles. The molecule has 0 fully saturated rings. The number of alkyl halides is 1. The number of rotatable bonds is 5. The number of para-hydroxylation sites is 1. The number of H-pyrrole nitrogens is 1. The fourth-order valence-corrected chi connectivity index (χ4v) is 2.09. The molecule has 18 heavy (non-hydrogen) atoms. The van der Waals surface area contributed by atoms with Crippen molar-refractivity contribution in [2.75, 3.05) is 11.9 Å². The second-order valence-electron chi connectivity index (χ2n) is 4.10. The number of nitrogens with one attached hydrogen (secondary N) is 2. The molecule has 1 aromatic heterocycles.